The van der Waals surface area contributed by atoms with Gasteiger partial charge in [0.15, 0.2) is 0 Å². The quantitative estimate of drug-likeness (QED) is 0.597. The number of rotatable bonds is 6. The van der Waals surface area contributed by atoms with Crippen LogP contribution < -0.4 is 0 Å². The number of aromatic nitrogens is 2. The molecule has 1 unspecified atom stereocenters. The fraction of sp³-hybridized carbons (Fsp3) is 0.353. The summed E-state index contributed by atoms with van der Waals surface area (Å²) in [5.74, 6) is -1.30. The third-order valence-corrected chi connectivity index (χ3v) is 4.67. The molecule has 1 aromatic heterocycles. The van der Waals surface area contributed by atoms with Gasteiger partial charge in [-0.25, -0.2) is 4.68 Å². The summed E-state index contributed by atoms with van der Waals surface area (Å²) >= 11 is 0. The number of nitro benzene ring substituents is 1. The van der Waals surface area contributed by atoms with Gasteiger partial charge in [-0.05, 0) is 18.6 Å². The summed E-state index contributed by atoms with van der Waals surface area (Å²) in [5, 5.41) is 24.3. The van der Waals surface area contributed by atoms with Crippen LogP contribution in [-0.2, 0) is 9.53 Å². The monoisotopic (exact) mass is 374 g/mol. The van der Waals surface area contributed by atoms with Gasteiger partial charge in [0, 0.05) is 38.5 Å². The molecule has 3 rings (SSSR count). The lowest BCUT2D eigenvalue weighted by Crippen LogP contribution is -2.40. The third-order valence-electron chi connectivity index (χ3n) is 4.67. The summed E-state index contributed by atoms with van der Waals surface area (Å²) < 4.78 is 6.47. The molecule has 2 aromatic rings. The van der Waals surface area contributed by atoms with Crippen molar-refractivity contribution in [1.82, 2.24) is 14.7 Å². The van der Waals surface area contributed by atoms with Gasteiger partial charge in [-0.3, -0.25) is 19.7 Å². The average molecular weight is 374 g/mol. The molecule has 1 atom stereocenters. The van der Waals surface area contributed by atoms with Crippen LogP contribution in [0.5, 0.6) is 0 Å². The molecule has 0 spiro atoms. The standard InChI is InChI=1S/C17H18N4O6/c1-27-11-17(16(23)24)6-7-19(10-17)15(22)12-8-18-20(9-12)13-2-4-14(5-3-13)21(25)26/h2-5,8-9H,6-7,10-11H2,1H3,(H,23,24). The molecule has 10 heteroatoms. The Labute approximate surface area is 154 Å². The predicted molar refractivity (Wildman–Crippen MR) is 92.7 cm³/mol. The number of nitro groups is 1. The zero-order valence-corrected chi connectivity index (χ0v) is 14.6. The summed E-state index contributed by atoms with van der Waals surface area (Å²) in [6.45, 7) is 0.420. The number of likely N-dealkylation sites (tertiary alicyclic amines) is 1. The minimum absolute atomic E-state index is 0.0359. The van der Waals surface area contributed by atoms with Crippen molar-refractivity contribution in [3.63, 3.8) is 0 Å². The average Bonchev–Trinajstić information content (AvgIpc) is 3.30. The molecule has 0 bridgehead atoms. The Balaban J connectivity index is 1.75. The fourth-order valence-corrected chi connectivity index (χ4v) is 3.16. The van der Waals surface area contributed by atoms with Gasteiger partial charge in [-0.2, -0.15) is 5.10 Å². The van der Waals surface area contributed by atoms with E-state index in [1.165, 1.54) is 53.4 Å². The number of amides is 1. The molecule has 1 saturated heterocycles. The molecule has 1 aliphatic heterocycles. The molecule has 1 fully saturated rings. The minimum atomic E-state index is -1.10. The van der Waals surface area contributed by atoms with E-state index in [0.717, 1.165) is 0 Å². The van der Waals surface area contributed by atoms with Crippen molar-refractivity contribution in [3.05, 3.63) is 52.3 Å². The lowest BCUT2D eigenvalue weighted by atomic mass is 9.88. The number of methoxy groups -OCH3 is 1. The van der Waals surface area contributed by atoms with Crippen molar-refractivity contribution in [2.75, 3.05) is 26.8 Å². The van der Waals surface area contributed by atoms with E-state index in [-0.39, 0.29) is 24.7 Å². The molecule has 1 amide bonds. The molecular weight excluding hydrogens is 356 g/mol. The van der Waals surface area contributed by atoms with E-state index >= 15 is 0 Å². The van der Waals surface area contributed by atoms with Crippen molar-refractivity contribution in [2.24, 2.45) is 5.41 Å². The first-order chi connectivity index (χ1) is 12.9. The van der Waals surface area contributed by atoms with Crippen LogP contribution >= 0.6 is 0 Å². The summed E-state index contributed by atoms with van der Waals surface area (Å²) in [7, 11) is 1.43. The first kappa shape index (κ1) is 18.5. The first-order valence-corrected chi connectivity index (χ1v) is 8.17. The van der Waals surface area contributed by atoms with Gasteiger partial charge < -0.3 is 14.7 Å². The van der Waals surface area contributed by atoms with Crippen LogP contribution in [-0.4, -0.2) is 63.4 Å². The second-order valence-electron chi connectivity index (χ2n) is 6.44. The lowest BCUT2D eigenvalue weighted by molar-refractivity contribution is -0.384. The number of hydrogen-bond donors (Lipinski definition) is 1. The Hall–Kier alpha value is -3.27. The van der Waals surface area contributed by atoms with Crippen LogP contribution in [0.4, 0.5) is 5.69 Å². The summed E-state index contributed by atoms with van der Waals surface area (Å²) in [6.07, 6.45) is 3.22. The van der Waals surface area contributed by atoms with Gasteiger partial charge in [0.05, 0.1) is 29.0 Å². The van der Waals surface area contributed by atoms with E-state index in [0.29, 0.717) is 24.2 Å². The molecule has 0 saturated carbocycles. The maximum Gasteiger partial charge on any atom is 0.313 e. The van der Waals surface area contributed by atoms with E-state index < -0.39 is 16.3 Å². The fourth-order valence-electron chi connectivity index (χ4n) is 3.16. The number of carboxylic acids is 1. The summed E-state index contributed by atoms with van der Waals surface area (Å²) in [5.41, 5.74) is -0.256. The van der Waals surface area contributed by atoms with Crippen molar-refractivity contribution < 1.29 is 24.4 Å². The first-order valence-electron chi connectivity index (χ1n) is 8.17. The van der Waals surface area contributed by atoms with Gasteiger partial charge in [0.2, 0.25) is 0 Å². The Morgan fingerprint density at radius 1 is 1.37 bits per heavy atom. The van der Waals surface area contributed by atoms with E-state index in [1.54, 1.807) is 0 Å². The molecule has 2 heterocycles. The summed E-state index contributed by atoms with van der Waals surface area (Å²) in [4.78, 5) is 36.0. The second-order valence-corrected chi connectivity index (χ2v) is 6.44. The van der Waals surface area contributed by atoms with E-state index in [2.05, 4.69) is 5.10 Å². The number of ether oxygens (including phenoxy) is 1. The SMILES string of the molecule is COCC1(C(=O)O)CCN(C(=O)c2cnn(-c3ccc([N+](=O)[O-])cc3)c2)C1. The molecule has 10 nitrogen and oxygen atoms in total. The molecule has 1 aromatic carbocycles. The smallest absolute Gasteiger partial charge is 0.313 e. The maximum absolute atomic E-state index is 12.7. The highest BCUT2D eigenvalue weighted by molar-refractivity contribution is 5.94. The molecule has 0 aliphatic carbocycles. The number of nitrogens with zero attached hydrogens (tertiary/aromatic N) is 4. The second kappa shape index (κ2) is 7.16. The van der Waals surface area contributed by atoms with Gasteiger partial charge in [-0.15, -0.1) is 0 Å². The number of carboxylic acid groups (broad SMARTS) is 1. The number of aliphatic carboxylic acids is 1. The van der Waals surface area contributed by atoms with Gasteiger partial charge in [0.25, 0.3) is 11.6 Å². The van der Waals surface area contributed by atoms with Crippen LogP contribution in [0.3, 0.4) is 0 Å². The topological polar surface area (TPSA) is 128 Å². The number of carbonyl (C=O) groups is 2. The van der Waals surface area contributed by atoms with Crippen molar-refractivity contribution in [2.45, 2.75) is 6.42 Å². The number of hydrogen-bond acceptors (Lipinski definition) is 6. The van der Waals surface area contributed by atoms with Crippen LogP contribution in [0.15, 0.2) is 36.7 Å². The molecule has 1 aliphatic rings. The minimum Gasteiger partial charge on any atom is -0.481 e. The Morgan fingerprint density at radius 2 is 2.07 bits per heavy atom. The Morgan fingerprint density at radius 3 is 2.67 bits per heavy atom. The van der Waals surface area contributed by atoms with Crippen LogP contribution in [0.1, 0.15) is 16.8 Å². The van der Waals surface area contributed by atoms with Gasteiger partial charge in [0.1, 0.15) is 5.41 Å². The Bertz CT molecular complexity index is 878. The highest BCUT2D eigenvalue weighted by Crippen LogP contribution is 2.32. The molecule has 0 radical (unpaired) electrons. The van der Waals surface area contributed by atoms with Crippen LogP contribution in [0.2, 0.25) is 0 Å². The Kier molecular flexibility index (Phi) is 4.91. The largest absolute Gasteiger partial charge is 0.481 e. The van der Waals surface area contributed by atoms with Crippen LogP contribution in [0.25, 0.3) is 5.69 Å². The zero-order chi connectivity index (χ0) is 19.6. The molecular formula is C17H18N4O6. The highest BCUT2D eigenvalue weighted by Gasteiger charge is 2.46. The van der Waals surface area contributed by atoms with Gasteiger partial charge >= 0.3 is 5.97 Å². The van der Waals surface area contributed by atoms with Crippen molar-refractivity contribution in [1.29, 1.82) is 0 Å². The highest BCUT2D eigenvalue weighted by atomic mass is 16.6. The lowest BCUT2D eigenvalue weighted by Gasteiger charge is -2.23. The third kappa shape index (κ3) is 3.51. The van der Waals surface area contributed by atoms with E-state index in [9.17, 15) is 24.8 Å². The zero-order valence-electron chi connectivity index (χ0n) is 14.6. The van der Waals surface area contributed by atoms with E-state index in [1.807, 2.05) is 0 Å². The normalized spacial score (nSPS) is 19.2. The number of carbonyl (C=O) groups excluding carboxylic acids is 1. The van der Waals surface area contributed by atoms with Crippen molar-refractivity contribution in [3.8, 4) is 5.69 Å². The van der Waals surface area contributed by atoms with Gasteiger partial charge in [-0.1, -0.05) is 0 Å². The predicted octanol–water partition coefficient (Wildman–Crippen LogP) is 1.34. The maximum atomic E-state index is 12.7. The number of non-ortho nitro benzene ring substituents is 1. The van der Waals surface area contributed by atoms with Crippen molar-refractivity contribution >= 4 is 17.6 Å². The molecule has 142 valence electrons. The summed E-state index contributed by atoms with van der Waals surface area (Å²) in [6, 6.07) is 5.77. The van der Waals surface area contributed by atoms with Crippen LogP contribution in [0, 0.1) is 15.5 Å². The van der Waals surface area contributed by atoms with E-state index in [4.69, 9.17) is 4.74 Å². The molecule has 1 N–H and O–H groups in total. The number of benzene rings is 1. The molecule has 27 heavy (non-hydrogen) atoms.